The summed E-state index contributed by atoms with van der Waals surface area (Å²) >= 11 is 0. The first-order valence-electron chi connectivity index (χ1n) is 8.53. The van der Waals surface area contributed by atoms with Gasteiger partial charge in [-0.25, -0.2) is 0 Å². The molecule has 2 heterocycles. The van der Waals surface area contributed by atoms with Gasteiger partial charge in [0.2, 0.25) is 5.91 Å². The molecular weight excluding hydrogens is 318 g/mol. The maximum atomic E-state index is 13.4. The molecule has 0 fully saturated rings. The number of carboxylic acid groups (broad SMARTS) is 1. The van der Waals surface area contributed by atoms with E-state index in [4.69, 9.17) is 4.74 Å². The first-order valence-corrected chi connectivity index (χ1v) is 8.53. The summed E-state index contributed by atoms with van der Waals surface area (Å²) in [5.41, 5.74) is 4.07. The van der Waals surface area contributed by atoms with E-state index in [0.717, 1.165) is 36.1 Å². The number of fused-ring (bicyclic) bond motifs is 5. The molecule has 1 amide bonds. The number of hydrogen-bond donors (Lipinski definition) is 1. The summed E-state index contributed by atoms with van der Waals surface area (Å²) in [6, 6.07) is 11.6. The maximum Gasteiger partial charge on any atom is 0.323 e. The van der Waals surface area contributed by atoms with Crippen molar-refractivity contribution in [1.29, 1.82) is 0 Å². The molecule has 5 rings (SSSR count). The second-order valence-electron chi connectivity index (χ2n) is 6.97. The average molecular weight is 335 g/mol. The summed E-state index contributed by atoms with van der Waals surface area (Å²) in [7, 11) is 0. The minimum atomic E-state index is -1.02. The predicted molar refractivity (Wildman–Crippen MR) is 91.2 cm³/mol. The van der Waals surface area contributed by atoms with Gasteiger partial charge in [-0.1, -0.05) is 24.3 Å². The summed E-state index contributed by atoms with van der Waals surface area (Å²) in [5, 5.41) is 9.25. The van der Waals surface area contributed by atoms with Gasteiger partial charge in [0.15, 0.2) is 0 Å². The van der Waals surface area contributed by atoms with Gasteiger partial charge < -0.3 is 9.84 Å². The van der Waals surface area contributed by atoms with Crippen molar-refractivity contribution in [1.82, 2.24) is 0 Å². The summed E-state index contributed by atoms with van der Waals surface area (Å²) < 4.78 is 5.95. The second kappa shape index (κ2) is 4.85. The number of hydrogen-bond acceptors (Lipinski definition) is 3. The zero-order valence-corrected chi connectivity index (χ0v) is 13.6. The monoisotopic (exact) mass is 335 g/mol. The van der Waals surface area contributed by atoms with Gasteiger partial charge in [-0.2, -0.15) is 0 Å². The number of ether oxygens (including phenoxy) is 1. The van der Waals surface area contributed by atoms with Crippen LogP contribution >= 0.6 is 0 Å². The van der Waals surface area contributed by atoms with E-state index < -0.39 is 11.4 Å². The highest BCUT2D eigenvalue weighted by Gasteiger charge is 2.57. The van der Waals surface area contributed by atoms with E-state index in [-0.39, 0.29) is 19.1 Å². The van der Waals surface area contributed by atoms with Gasteiger partial charge in [-0.3, -0.25) is 14.5 Å². The lowest BCUT2D eigenvalue weighted by Gasteiger charge is -2.22. The van der Waals surface area contributed by atoms with Crippen LogP contribution in [-0.2, 0) is 27.8 Å². The first kappa shape index (κ1) is 14.5. The van der Waals surface area contributed by atoms with Crippen LogP contribution in [0.25, 0.3) is 0 Å². The number of aryl methyl sites for hydroxylation is 2. The van der Waals surface area contributed by atoms with Crippen LogP contribution in [0.5, 0.6) is 5.75 Å². The van der Waals surface area contributed by atoms with Crippen LogP contribution in [0, 0.1) is 0 Å². The fourth-order valence-electron chi connectivity index (χ4n) is 4.54. The number of carbonyl (C=O) groups excluding carboxylic acids is 1. The zero-order chi connectivity index (χ0) is 17.2. The number of anilines is 1. The van der Waals surface area contributed by atoms with Gasteiger partial charge in [0.1, 0.15) is 24.3 Å². The lowest BCUT2D eigenvalue weighted by Crippen LogP contribution is -2.44. The highest BCUT2D eigenvalue weighted by molar-refractivity contribution is 6.13. The molecule has 1 unspecified atom stereocenters. The Morgan fingerprint density at radius 1 is 1.16 bits per heavy atom. The third-order valence-electron chi connectivity index (χ3n) is 5.66. The summed E-state index contributed by atoms with van der Waals surface area (Å²) in [6.45, 7) is -0.102. The molecular formula is C20H17NO4. The van der Waals surface area contributed by atoms with Crippen molar-refractivity contribution >= 4 is 17.6 Å². The SMILES string of the molecule is O=C(O)CN1C(=O)C2(COc3cc4c(cc32)CCC4)c2ccccc21. The van der Waals surface area contributed by atoms with E-state index in [9.17, 15) is 14.7 Å². The number of benzene rings is 2. The molecule has 2 aromatic rings. The van der Waals surface area contributed by atoms with E-state index in [1.165, 1.54) is 16.0 Å². The van der Waals surface area contributed by atoms with Crippen LogP contribution in [0.4, 0.5) is 5.69 Å². The molecule has 1 spiro atoms. The van der Waals surface area contributed by atoms with E-state index in [0.29, 0.717) is 5.69 Å². The fraction of sp³-hybridized carbons (Fsp3) is 0.300. The van der Waals surface area contributed by atoms with E-state index in [2.05, 4.69) is 12.1 Å². The molecule has 2 aromatic carbocycles. The number of carbonyl (C=O) groups is 2. The Morgan fingerprint density at radius 2 is 1.92 bits per heavy atom. The molecule has 5 heteroatoms. The molecule has 0 radical (unpaired) electrons. The zero-order valence-electron chi connectivity index (χ0n) is 13.6. The normalized spacial score (nSPS) is 22.7. The molecule has 1 atom stereocenters. The van der Waals surface area contributed by atoms with Gasteiger partial charge in [0, 0.05) is 11.3 Å². The van der Waals surface area contributed by atoms with Gasteiger partial charge in [0.05, 0.1) is 0 Å². The number of amides is 1. The molecule has 0 aromatic heterocycles. The Labute approximate surface area is 144 Å². The van der Waals surface area contributed by atoms with Crippen molar-refractivity contribution < 1.29 is 19.4 Å². The number of para-hydroxylation sites is 1. The smallest absolute Gasteiger partial charge is 0.323 e. The Hall–Kier alpha value is -2.82. The summed E-state index contributed by atoms with van der Waals surface area (Å²) in [5.74, 6) is -0.456. The molecule has 1 N–H and O–H groups in total. The van der Waals surface area contributed by atoms with Crippen molar-refractivity contribution in [2.24, 2.45) is 0 Å². The highest BCUT2D eigenvalue weighted by atomic mass is 16.5. The van der Waals surface area contributed by atoms with Gasteiger partial charge in [0.25, 0.3) is 0 Å². The fourth-order valence-corrected chi connectivity index (χ4v) is 4.54. The Bertz CT molecular complexity index is 935. The first-order chi connectivity index (χ1) is 12.1. The number of nitrogens with zero attached hydrogens (tertiary/aromatic N) is 1. The van der Waals surface area contributed by atoms with Gasteiger partial charge >= 0.3 is 5.97 Å². The average Bonchev–Trinajstić information content (AvgIpc) is 3.26. The van der Waals surface area contributed by atoms with Crippen molar-refractivity contribution in [2.75, 3.05) is 18.1 Å². The molecule has 1 aliphatic carbocycles. The van der Waals surface area contributed by atoms with E-state index >= 15 is 0 Å². The molecule has 0 saturated heterocycles. The molecule has 5 nitrogen and oxygen atoms in total. The lowest BCUT2D eigenvalue weighted by atomic mass is 9.76. The second-order valence-corrected chi connectivity index (χ2v) is 6.97. The Morgan fingerprint density at radius 3 is 2.72 bits per heavy atom. The van der Waals surface area contributed by atoms with Crippen LogP contribution in [0.15, 0.2) is 36.4 Å². The number of aliphatic carboxylic acids is 1. The highest BCUT2D eigenvalue weighted by Crippen LogP contribution is 2.53. The van der Waals surface area contributed by atoms with E-state index in [1.54, 1.807) is 0 Å². The van der Waals surface area contributed by atoms with Crippen molar-refractivity contribution in [2.45, 2.75) is 24.7 Å². The quantitative estimate of drug-likeness (QED) is 0.914. The minimum absolute atomic E-state index is 0.201. The van der Waals surface area contributed by atoms with Crippen molar-refractivity contribution in [3.05, 3.63) is 58.7 Å². The third kappa shape index (κ3) is 1.78. The van der Waals surface area contributed by atoms with Crippen LogP contribution < -0.4 is 9.64 Å². The molecule has 3 aliphatic rings. The molecule has 126 valence electrons. The molecule has 25 heavy (non-hydrogen) atoms. The third-order valence-corrected chi connectivity index (χ3v) is 5.66. The molecule has 0 bridgehead atoms. The van der Waals surface area contributed by atoms with Crippen molar-refractivity contribution in [3.8, 4) is 5.75 Å². The largest absolute Gasteiger partial charge is 0.491 e. The Kier molecular flexibility index (Phi) is 2.82. The number of rotatable bonds is 2. The molecule has 0 saturated carbocycles. The minimum Gasteiger partial charge on any atom is -0.491 e. The lowest BCUT2D eigenvalue weighted by molar-refractivity contribution is -0.137. The van der Waals surface area contributed by atoms with Gasteiger partial charge in [-0.15, -0.1) is 0 Å². The van der Waals surface area contributed by atoms with Crippen LogP contribution in [0.2, 0.25) is 0 Å². The van der Waals surface area contributed by atoms with Crippen molar-refractivity contribution in [3.63, 3.8) is 0 Å². The standard InChI is InChI=1S/C20H17NO4/c22-18(23)10-21-16-7-2-1-6-14(16)20(19(21)24)11-25-17-9-13-5-3-4-12(13)8-15(17)20/h1-2,6-9H,3-5,10-11H2,(H,22,23). The molecule has 2 aliphatic heterocycles. The summed E-state index contributed by atoms with van der Waals surface area (Å²) in [4.78, 5) is 26.0. The predicted octanol–water partition coefficient (Wildman–Crippen LogP) is 2.28. The van der Waals surface area contributed by atoms with Crippen LogP contribution in [0.3, 0.4) is 0 Å². The topological polar surface area (TPSA) is 66.8 Å². The van der Waals surface area contributed by atoms with E-state index in [1.807, 2.05) is 24.3 Å². The number of carboxylic acids is 1. The Balaban J connectivity index is 1.73. The summed E-state index contributed by atoms with van der Waals surface area (Å²) in [6.07, 6.45) is 3.20. The van der Waals surface area contributed by atoms with Crippen LogP contribution in [-0.4, -0.2) is 30.1 Å². The maximum absolute atomic E-state index is 13.4. The van der Waals surface area contributed by atoms with Gasteiger partial charge in [-0.05, 0) is 48.1 Å². The van der Waals surface area contributed by atoms with Crippen LogP contribution in [0.1, 0.15) is 28.7 Å².